The molecule has 206 valence electrons. The van der Waals surface area contributed by atoms with E-state index in [9.17, 15) is 9.18 Å². The fraction of sp³-hybridized carbons (Fsp3) is 0.759. The minimum absolute atomic E-state index is 0.163. The lowest BCUT2D eigenvalue weighted by atomic mass is 9.71. The number of halogens is 1. The Hall–Kier alpha value is -1.52. The van der Waals surface area contributed by atoms with E-state index in [0.717, 1.165) is 69.7 Å². The number of amides is 1. The number of alkyl halides is 1. The molecule has 1 aromatic rings. The van der Waals surface area contributed by atoms with Crippen LogP contribution >= 0.6 is 0 Å². The zero-order valence-electron chi connectivity index (χ0n) is 23.2. The Morgan fingerprint density at radius 3 is 2.18 bits per heavy atom. The molecule has 7 nitrogen and oxygen atoms in total. The summed E-state index contributed by atoms with van der Waals surface area (Å²) in [6.45, 7) is 13.1. The van der Waals surface area contributed by atoms with Crippen molar-refractivity contribution < 1.29 is 23.2 Å². The van der Waals surface area contributed by atoms with Gasteiger partial charge in [-0.1, -0.05) is 12.1 Å². The molecule has 0 N–H and O–H groups in total. The van der Waals surface area contributed by atoms with E-state index in [4.69, 9.17) is 14.0 Å². The normalized spacial score (nSPS) is 34.6. The van der Waals surface area contributed by atoms with E-state index in [-0.39, 0.29) is 11.9 Å². The van der Waals surface area contributed by atoms with Gasteiger partial charge in [0.2, 0.25) is 5.91 Å². The van der Waals surface area contributed by atoms with Crippen LogP contribution < -0.4 is 10.4 Å². The van der Waals surface area contributed by atoms with Crippen LogP contribution in [-0.2, 0) is 24.3 Å². The summed E-state index contributed by atoms with van der Waals surface area (Å²) in [6, 6.07) is 7.49. The molecule has 1 aromatic carbocycles. The van der Waals surface area contributed by atoms with Crippen LogP contribution in [0, 0.1) is 0 Å². The van der Waals surface area contributed by atoms with Gasteiger partial charge in [0, 0.05) is 30.9 Å². The van der Waals surface area contributed by atoms with Gasteiger partial charge in [-0.3, -0.25) is 14.6 Å². The zero-order chi connectivity index (χ0) is 26.4. The molecule has 1 aliphatic carbocycles. The van der Waals surface area contributed by atoms with E-state index >= 15 is 0 Å². The van der Waals surface area contributed by atoms with E-state index in [1.807, 2.05) is 0 Å². The lowest BCUT2D eigenvalue weighted by Crippen LogP contribution is -2.59. The van der Waals surface area contributed by atoms with Gasteiger partial charge in [-0.05, 0) is 90.0 Å². The summed E-state index contributed by atoms with van der Waals surface area (Å²) in [5, 5.41) is 0. The number of nitrogens with zero attached hydrogens (tertiary/aromatic N) is 3. The maximum absolute atomic E-state index is 14.4. The summed E-state index contributed by atoms with van der Waals surface area (Å²) in [4.78, 5) is 21.3. The quantitative estimate of drug-likeness (QED) is 0.564. The van der Waals surface area contributed by atoms with Gasteiger partial charge in [0.05, 0.1) is 35.9 Å². The molecule has 0 radical (unpaired) electrons. The van der Waals surface area contributed by atoms with Gasteiger partial charge in [-0.15, -0.1) is 0 Å². The van der Waals surface area contributed by atoms with Gasteiger partial charge in [0.15, 0.2) is 0 Å². The molecule has 5 aliphatic heterocycles. The predicted octanol–water partition coefficient (Wildman–Crippen LogP) is 2.64. The van der Waals surface area contributed by atoms with Crippen LogP contribution in [0.25, 0.3) is 0 Å². The minimum atomic E-state index is -0.708. The third-order valence-corrected chi connectivity index (χ3v) is 10.9. The van der Waals surface area contributed by atoms with Crippen LogP contribution in [0.5, 0.6) is 0 Å². The van der Waals surface area contributed by atoms with E-state index in [0.29, 0.717) is 25.0 Å². The summed E-state index contributed by atoms with van der Waals surface area (Å²) >= 11 is 0. The van der Waals surface area contributed by atoms with E-state index in [2.05, 4.69) is 60.6 Å². The third-order valence-electron chi connectivity index (χ3n) is 10.9. The van der Waals surface area contributed by atoms with Crippen LogP contribution in [0.3, 0.4) is 0 Å². The third kappa shape index (κ3) is 3.75. The summed E-state index contributed by atoms with van der Waals surface area (Å²) in [6.07, 6.45) is 3.44. The lowest BCUT2D eigenvalue weighted by molar-refractivity contribution is -0.128. The second kappa shape index (κ2) is 8.74. The van der Waals surface area contributed by atoms with Crippen LogP contribution in [0.15, 0.2) is 18.2 Å². The molecule has 4 saturated heterocycles. The van der Waals surface area contributed by atoms with Crippen LogP contribution in [-0.4, -0.2) is 97.7 Å². The van der Waals surface area contributed by atoms with Crippen LogP contribution in [0.4, 0.5) is 10.1 Å². The van der Waals surface area contributed by atoms with Crippen molar-refractivity contribution in [1.29, 1.82) is 0 Å². The summed E-state index contributed by atoms with van der Waals surface area (Å²) in [5.41, 5.74) is 1.87. The number of rotatable bonds is 4. The Labute approximate surface area is 226 Å². The molecule has 0 aromatic heterocycles. The molecule has 5 heterocycles. The number of hydrogen-bond donors (Lipinski definition) is 0. The Morgan fingerprint density at radius 2 is 1.61 bits per heavy atom. The minimum Gasteiger partial charge on any atom is -0.399 e. The van der Waals surface area contributed by atoms with E-state index in [1.165, 1.54) is 5.56 Å². The van der Waals surface area contributed by atoms with E-state index < -0.39 is 29.9 Å². The number of likely N-dealkylation sites (tertiary alicyclic amines) is 2. The number of carbonyl (C=O) groups excluding carboxylic acids is 1. The maximum atomic E-state index is 14.4. The lowest BCUT2D eigenvalue weighted by Gasteiger charge is -2.47. The standard InChI is InChI=1S/C29H41BFN3O4/c1-27(2)28(3,4)38-30(37-27)19-5-6-24-25(13-19)34(22-14-21(15-22)33-10-7-20(31)16-33)26(35)29(24)8-11-32(12-9-29)23-17-36-18-23/h5-6,13,20-23H,7-12,14-18H2,1-4H3/t20-,21-,22+/m1/s1. The van der Waals surface area contributed by atoms with Crippen molar-refractivity contribution in [3.8, 4) is 0 Å². The number of hydrogen-bond acceptors (Lipinski definition) is 6. The highest BCUT2D eigenvalue weighted by Crippen LogP contribution is 2.51. The Morgan fingerprint density at radius 1 is 0.921 bits per heavy atom. The highest BCUT2D eigenvalue weighted by Gasteiger charge is 2.57. The number of fused-ring (bicyclic) bond motifs is 2. The van der Waals surface area contributed by atoms with Gasteiger partial charge in [0.1, 0.15) is 6.17 Å². The summed E-state index contributed by atoms with van der Waals surface area (Å²) in [7, 11) is -0.459. The molecule has 6 aliphatic rings. The molecule has 38 heavy (non-hydrogen) atoms. The number of carbonyl (C=O) groups is 1. The zero-order valence-corrected chi connectivity index (χ0v) is 23.2. The monoisotopic (exact) mass is 525 g/mol. The maximum Gasteiger partial charge on any atom is 0.494 e. The molecule has 1 amide bonds. The van der Waals surface area contributed by atoms with Gasteiger partial charge >= 0.3 is 7.12 Å². The van der Waals surface area contributed by atoms with Crippen molar-refractivity contribution in [2.24, 2.45) is 0 Å². The van der Waals surface area contributed by atoms with Crippen LogP contribution in [0.2, 0.25) is 0 Å². The Bertz CT molecular complexity index is 1100. The first-order chi connectivity index (χ1) is 18.1. The van der Waals surface area contributed by atoms with Crippen molar-refractivity contribution in [1.82, 2.24) is 9.80 Å². The van der Waals surface area contributed by atoms with Gasteiger partial charge < -0.3 is 18.9 Å². The molecule has 0 unspecified atom stereocenters. The molecular formula is C29H41BFN3O4. The highest BCUT2D eigenvalue weighted by atomic mass is 19.1. The number of anilines is 1. The number of ether oxygens (including phenoxy) is 1. The number of benzene rings is 1. The highest BCUT2D eigenvalue weighted by molar-refractivity contribution is 6.62. The SMILES string of the molecule is CC1(C)OB(c2ccc3c(c2)N([C@H]2C[C@@H](N4CC[C@@H](F)C4)C2)C(=O)C32CCN(C3COC3)CC2)OC1(C)C. The Balaban J connectivity index is 1.18. The topological polar surface area (TPSA) is 54.5 Å². The molecule has 7 rings (SSSR count). The number of piperidine rings is 1. The molecule has 5 fully saturated rings. The Kier molecular flexibility index (Phi) is 5.85. The van der Waals surface area contributed by atoms with Crippen molar-refractivity contribution in [2.45, 2.75) is 101 Å². The van der Waals surface area contributed by atoms with E-state index in [1.54, 1.807) is 0 Å². The van der Waals surface area contributed by atoms with Crippen molar-refractivity contribution in [3.05, 3.63) is 23.8 Å². The molecular weight excluding hydrogens is 484 g/mol. The molecule has 9 heteroatoms. The first-order valence-corrected chi connectivity index (χ1v) is 14.6. The first-order valence-electron chi connectivity index (χ1n) is 14.6. The van der Waals surface area contributed by atoms with Gasteiger partial charge in [-0.25, -0.2) is 4.39 Å². The van der Waals surface area contributed by atoms with Crippen molar-refractivity contribution >= 4 is 24.2 Å². The first kappa shape index (κ1) is 25.5. The largest absolute Gasteiger partial charge is 0.494 e. The fourth-order valence-corrected chi connectivity index (χ4v) is 7.43. The molecule has 1 atom stereocenters. The van der Waals surface area contributed by atoms with Gasteiger partial charge in [0.25, 0.3) is 0 Å². The summed E-state index contributed by atoms with van der Waals surface area (Å²) < 4.78 is 32.1. The smallest absolute Gasteiger partial charge is 0.399 e. The van der Waals surface area contributed by atoms with Crippen molar-refractivity contribution in [2.75, 3.05) is 44.3 Å². The average Bonchev–Trinajstić information content (AvgIpc) is 3.40. The molecule has 1 saturated carbocycles. The van der Waals surface area contributed by atoms with Gasteiger partial charge in [-0.2, -0.15) is 0 Å². The second-order valence-corrected chi connectivity index (χ2v) is 13.5. The van der Waals surface area contributed by atoms with Crippen LogP contribution in [0.1, 0.15) is 65.4 Å². The van der Waals surface area contributed by atoms with Crippen molar-refractivity contribution in [3.63, 3.8) is 0 Å². The second-order valence-electron chi connectivity index (χ2n) is 13.5. The molecule has 0 bridgehead atoms. The fourth-order valence-electron chi connectivity index (χ4n) is 7.43. The average molecular weight is 525 g/mol. The predicted molar refractivity (Wildman–Crippen MR) is 145 cm³/mol. The molecule has 1 spiro atoms. The summed E-state index contributed by atoms with van der Waals surface area (Å²) in [5.74, 6) is 0.260.